The summed E-state index contributed by atoms with van der Waals surface area (Å²) in [6.45, 7) is 0. The van der Waals surface area contributed by atoms with Crippen LogP contribution in [-0.2, 0) is 11.2 Å². The van der Waals surface area contributed by atoms with Gasteiger partial charge in [-0.15, -0.1) is 0 Å². The number of hydrogen-bond donors (Lipinski definition) is 1. The van der Waals surface area contributed by atoms with Crippen molar-refractivity contribution < 1.29 is 9.18 Å². The summed E-state index contributed by atoms with van der Waals surface area (Å²) in [5.41, 5.74) is 6.35. The van der Waals surface area contributed by atoms with Crippen LogP contribution in [-0.4, -0.2) is 5.78 Å². The largest absolute Gasteiger partial charge is 0.399 e. The molecule has 0 heterocycles. The lowest BCUT2D eigenvalue weighted by atomic mass is 9.84. The smallest absolute Gasteiger partial charge is 0.140 e. The molecule has 0 aliphatic heterocycles. The van der Waals surface area contributed by atoms with Crippen molar-refractivity contribution in [2.24, 2.45) is 5.92 Å². The number of Topliss-reactive ketones (excluding diaryl/α,β-unsaturated/α-hetero) is 1. The minimum Gasteiger partial charge on any atom is -0.399 e. The molecule has 1 aromatic rings. The highest BCUT2D eigenvalue weighted by Crippen LogP contribution is 2.29. The molecule has 0 unspecified atom stereocenters. The molecular weight excluding hydrogens is 297 g/mol. The first kappa shape index (κ1) is 13.5. The Kier molecular flexibility index (Phi) is 4.38. The summed E-state index contributed by atoms with van der Waals surface area (Å²) in [7, 11) is 0. The molecule has 2 rings (SSSR count). The Hall–Kier alpha value is -0.900. The third-order valence-corrected chi connectivity index (χ3v) is 4.28. The third-order valence-electron chi connectivity index (χ3n) is 3.57. The first-order chi connectivity index (χ1) is 8.58. The lowest BCUT2D eigenvalue weighted by Crippen LogP contribution is -2.20. The van der Waals surface area contributed by atoms with Crippen LogP contribution in [0.25, 0.3) is 0 Å². The van der Waals surface area contributed by atoms with E-state index in [9.17, 15) is 9.18 Å². The van der Waals surface area contributed by atoms with E-state index in [1.165, 1.54) is 12.5 Å². The summed E-state index contributed by atoms with van der Waals surface area (Å²) in [5.74, 6) is -0.132. The molecule has 4 heteroatoms. The Morgan fingerprint density at radius 2 is 2.00 bits per heavy atom. The number of halogens is 2. The number of anilines is 1. The van der Waals surface area contributed by atoms with Crippen LogP contribution in [0, 0.1) is 11.7 Å². The van der Waals surface area contributed by atoms with Gasteiger partial charge >= 0.3 is 0 Å². The Labute approximate surface area is 115 Å². The van der Waals surface area contributed by atoms with Crippen LogP contribution in [0.2, 0.25) is 0 Å². The van der Waals surface area contributed by atoms with Crippen molar-refractivity contribution in [3.05, 3.63) is 28.0 Å². The maximum absolute atomic E-state index is 13.8. The van der Waals surface area contributed by atoms with Crippen molar-refractivity contribution in [3.63, 3.8) is 0 Å². The van der Waals surface area contributed by atoms with Gasteiger partial charge in [0.15, 0.2) is 0 Å². The predicted octanol–water partition coefficient (Wildman–Crippen LogP) is 3.86. The van der Waals surface area contributed by atoms with Gasteiger partial charge in [0.1, 0.15) is 11.6 Å². The molecule has 0 saturated heterocycles. The van der Waals surface area contributed by atoms with Crippen LogP contribution in [0.15, 0.2) is 16.6 Å². The number of hydrogen-bond acceptors (Lipinski definition) is 2. The summed E-state index contributed by atoms with van der Waals surface area (Å²) in [6.07, 6.45) is 5.50. The number of nitrogens with two attached hydrogens (primary N) is 1. The van der Waals surface area contributed by atoms with Crippen LogP contribution < -0.4 is 5.73 Å². The first-order valence-corrected chi connectivity index (χ1v) is 7.13. The van der Waals surface area contributed by atoms with Crippen molar-refractivity contribution in [3.8, 4) is 0 Å². The van der Waals surface area contributed by atoms with Crippen LogP contribution in [0.1, 0.15) is 37.7 Å². The van der Waals surface area contributed by atoms with E-state index in [0.717, 1.165) is 25.7 Å². The van der Waals surface area contributed by atoms with Gasteiger partial charge in [0.25, 0.3) is 0 Å². The summed E-state index contributed by atoms with van der Waals surface area (Å²) >= 11 is 3.28. The van der Waals surface area contributed by atoms with Gasteiger partial charge in [0, 0.05) is 28.1 Å². The molecule has 2 N–H and O–H groups in total. The molecule has 0 spiro atoms. The molecule has 1 saturated carbocycles. The van der Waals surface area contributed by atoms with E-state index in [2.05, 4.69) is 15.9 Å². The summed E-state index contributed by atoms with van der Waals surface area (Å²) in [4.78, 5) is 12.1. The topological polar surface area (TPSA) is 43.1 Å². The first-order valence-electron chi connectivity index (χ1n) is 6.34. The fraction of sp³-hybridized carbons (Fsp3) is 0.500. The number of rotatable bonds is 3. The second-order valence-electron chi connectivity index (χ2n) is 4.94. The molecule has 0 bridgehead atoms. The summed E-state index contributed by atoms with van der Waals surface area (Å²) < 4.78 is 14.4. The zero-order valence-electron chi connectivity index (χ0n) is 10.2. The second kappa shape index (κ2) is 5.83. The Morgan fingerprint density at radius 1 is 1.33 bits per heavy atom. The van der Waals surface area contributed by atoms with E-state index >= 15 is 0 Å². The van der Waals surface area contributed by atoms with Crippen molar-refractivity contribution in [1.29, 1.82) is 0 Å². The summed E-state index contributed by atoms with van der Waals surface area (Å²) in [6, 6.07) is 2.92. The SMILES string of the molecule is Nc1cc(F)c(CC(=O)C2CCCCC2)c(Br)c1. The third kappa shape index (κ3) is 3.10. The minimum absolute atomic E-state index is 0.114. The molecule has 1 aromatic carbocycles. The number of benzene rings is 1. The normalized spacial score (nSPS) is 16.8. The highest BCUT2D eigenvalue weighted by Gasteiger charge is 2.23. The van der Waals surface area contributed by atoms with E-state index in [4.69, 9.17) is 5.73 Å². The molecule has 98 valence electrons. The number of nitrogen functional groups attached to an aromatic ring is 1. The van der Waals surface area contributed by atoms with Gasteiger partial charge in [0.2, 0.25) is 0 Å². The highest BCUT2D eigenvalue weighted by atomic mass is 79.9. The van der Waals surface area contributed by atoms with E-state index in [0.29, 0.717) is 15.7 Å². The molecular formula is C14H17BrFNO. The lowest BCUT2D eigenvalue weighted by molar-refractivity contribution is -0.123. The minimum atomic E-state index is -0.397. The van der Waals surface area contributed by atoms with Crippen LogP contribution in [0.5, 0.6) is 0 Å². The van der Waals surface area contributed by atoms with Gasteiger partial charge in [0.05, 0.1) is 0 Å². The monoisotopic (exact) mass is 313 g/mol. The number of ketones is 1. The molecule has 0 radical (unpaired) electrons. The molecule has 1 fully saturated rings. The fourth-order valence-corrected chi connectivity index (χ4v) is 3.13. The average Bonchev–Trinajstić information content (AvgIpc) is 2.34. The quantitative estimate of drug-likeness (QED) is 0.861. The molecule has 2 nitrogen and oxygen atoms in total. The van der Waals surface area contributed by atoms with Gasteiger partial charge in [-0.05, 0) is 25.0 Å². The zero-order valence-corrected chi connectivity index (χ0v) is 11.8. The van der Waals surface area contributed by atoms with E-state index in [1.54, 1.807) is 6.07 Å². The summed E-state index contributed by atoms with van der Waals surface area (Å²) in [5, 5.41) is 0. The molecule has 0 atom stereocenters. The van der Waals surface area contributed by atoms with Crippen LogP contribution >= 0.6 is 15.9 Å². The van der Waals surface area contributed by atoms with Gasteiger partial charge in [-0.2, -0.15) is 0 Å². The Bertz CT molecular complexity index is 432. The maximum atomic E-state index is 13.8. The van der Waals surface area contributed by atoms with Crippen LogP contribution in [0.4, 0.5) is 10.1 Å². The van der Waals surface area contributed by atoms with Crippen molar-refractivity contribution in [1.82, 2.24) is 0 Å². The average molecular weight is 314 g/mol. The van der Waals surface area contributed by atoms with Crippen molar-refractivity contribution in [2.75, 3.05) is 5.73 Å². The predicted molar refractivity (Wildman–Crippen MR) is 73.8 cm³/mol. The molecule has 1 aliphatic carbocycles. The maximum Gasteiger partial charge on any atom is 0.140 e. The zero-order chi connectivity index (χ0) is 13.1. The van der Waals surface area contributed by atoms with Crippen molar-refractivity contribution in [2.45, 2.75) is 38.5 Å². The Morgan fingerprint density at radius 3 is 2.61 bits per heavy atom. The standard InChI is InChI=1S/C14H17BrFNO/c15-12-6-10(17)7-13(16)11(12)8-14(18)9-4-2-1-3-5-9/h6-7,9H,1-5,8,17H2. The van der Waals surface area contributed by atoms with Crippen LogP contribution in [0.3, 0.4) is 0 Å². The van der Waals surface area contributed by atoms with Crippen molar-refractivity contribution >= 4 is 27.4 Å². The number of carbonyl (C=O) groups is 1. The molecule has 18 heavy (non-hydrogen) atoms. The molecule has 0 aromatic heterocycles. The lowest BCUT2D eigenvalue weighted by Gasteiger charge is -2.20. The van der Waals surface area contributed by atoms with Gasteiger partial charge < -0.3 is 5.73 Å². The second-order valence-corrected chi connectivity index (χ2v) is 5.80. The molecule has 1 aliphatic rings. The Balaban J connectivity index is 2.11. The number of carbonyl (C=O) groups excluding carboxylic acids is 1. The van der Waals surface area contributed by atoms with Gasteiger partial charge in [-0.25, -0.2) is 4.39 Å². The highest BCUT2D eigenvalue weighted by molar-refractivity contribution is 9.10. The van der Waals surface area contributed by atoms with E-state index in [1.807, 2.05) is 0 Å². The van der Waals surface area contributed by atoms with E-state index < -0.39 is 5.82 Å². The van der Waals surface area contributed by atoms with Gasteiger partial charge in [-0.1, -0.05) is 35.2 Å². The van der Waals surface area contributed by atoms with E-state index in [-0.39, 0.29) is 18.1 Å². The van der Waals surface area contributed by atoms with Gasteiger partial charge in [-0.3, -0.25) is 4.79 Å². The fourth-order valence-electron chi connectivity index (χ4n) is 2.53. The molecule has 0 amide bonds.